The molecule has 3 rings (SSSR count). The van der Waals surface area contributed by atoms with E-state index < -0.39 is 0 Å². The molecular formula is C22H24ClN4O+. The third kappa shape index (κ3) is 4.10. The van der Waals surface area contributed by atoms with E-state index in [1.807, 2.05) is 53.1 Å². The second-order valence-electron chi connectivity index (χ2n) is 6.72. The van der Waals surface area contributed by atoms with Crippen LogP contribution in [0.1, 0.15) is 48.5 Å². The molecule has 1 atom stereocenters. The number of nitrogens with zero attached hydrogens (tertiary/aromatic N) is 3. The van der Waals surface area contributed by atoms with Gasteiger partial charge < -0.3 is 15.4 Å². The van der Waals surface area contributed by atoms with Crippen molar-refractivity contribution in [1.29, 1.82) is 5.26 Å². The molecule has 0 saturated carbocycles. The molecule has 6 heteroatoms. The second kappa shape index (κ2) is 9.03. The van der Waals surface area contributed by atoms with Gasteiger partial charge in [0.15, 0.2) is 11.8 Å². The maximum atomic E-state index is 9.31. The zero-order valence-electron chi connectivity index (χ0n) is 15.8. The van der Waals surface area contributed by atoms with Crippen LogP contribution in [0.15, 0.2) is 48.5 Å². The Morgan fingerprint density at radius 1 is 1.21 bits per heavy atom. The summed E-state index contributed by atoms with van der Waals surface area (Å²) in [5, 5.41) is 17.5. The number of halogens is 1. The zero-order valence-corrected chi connectivity index (χ0v) is 16.6. The third-order valence-corrected chi connectivity index (χ3v) is 5.11. The Bertz CT molecular complexity index is 989. The van der Waals surface area contributed by atoms with Crippen LogP contribution in [0.5, 0.6) is 0 Å². The molecule has 1 heterocycles. The van der Waals surface area contributed by atoms with Crippen molar-refractivity contribution in [3.8, 4) is 17.2 Å². The van der Waals surface area contributed by atoms with Crippen LogP contribution in [-0.4, -0.2) is 14.7 Å². The third-order valence-electron chi connectivity index (χ3n) is 4.81. The molecular weight excluding hydrogens is 372 g/mol. The van der Waals surface area contributed by atoms with E-state index in [2.05, 4.69) is 18.0 Å². The van der Waals surface area contributed by atoms with E-state index in [9.17, 15) is 5.26 Å². The predicted molar refractivity (Wildman–Crippen MR) is 112 cm³/mol. The van der Waals surface area contributed by atoms with Crippen LogP contribution in [0.3, 0.4) is 0 Å². The van der Waals surface area contributed by atoms with Crippen LogP contribution in [0.2, 0.25) is 5.15 Å². The molecule has 0 bridgehead atoms. The van der Waals surface area contributed by atoms with Gasteiger partial charge in [-0.25, -0.2) is 4.98 Å². The summed E-state index contributed by atoms with van der Waals surface area (Å²) in [6, 6.07) is 17.7. The highest BCUT2D eigenvalue weighted by atomic mass is 35.5. The monoisotopic (exact) mass is 395 g/mol. The lowest BCUT2D eigenvalue weighted by molar-refractivity contribution is 0.270. The quantitative estimate of drug-likeness (QED) is 0.609. The molecule has 1 aromatic heterocycles. The molecule has 0 aliphatic carbocycles. The van der Waals surface area contributed by atoms with Gasteiger partial charge in [-0.05, 0) is 29.2 Å². The van der Waals surface area contributed by atoms with Crippen LogP contribution in [-0.2, 0) is 13.2 Å². The highest BCUT2D eigenvalue weighted by molar-refractivity contribution is 6.30. The van der Waals surface area contributed by atoms with Gasteiger partial charge >= 0.3 is 0 Å². The summed E-state index contributed by atoms with van der Waals surface area (Å²) in [4.78, 5) is 4.43. The van der Waals surface area contributed by atoms with Crippen molar-refractivity contribution < 1.29 is 5.11 Å². The van der Waals surface area contributed by atoms with Gasteiger partial charge in [0.1, 0.15) is 11.5 Å². The Kier molecular flexibility index (Phi) is 6.48. The maximum absolute atomic E-state index is 9.31. The van der Waals surface area contributed by atoms with E-state index in [0.717, 1.165) is 35.4 Å². The lowest BCUT2D eigenvalue weighted by atomic mass is 9.99. The molecule has 0 saturated heterocycles. The first kappa shape index (κ1) is 20.1. The van der Waals surface area contributed by atoms with Crippen molar-refractivity contribution in [3.63, 3.8) is 0 Å². The highest BCUT2D eigenvalue weighted by Gasteiger charge is 2.21. The Hall–Kier alpha value is -2.65. The van der Waals surface area contributed by atoms with Gasteiger partial charge in [0.05, 0.1) is 17.7 Å². The minimum atomic E-state index is -0.204. The van der Waals surface area contributed by atoms with Gasteiger partial charge in [-0.3, -0.25) is 0 Å². The van der Waals surface area contributed by atoms with E-state index in [0.29, 0.717) is 23.0 Å². The number of imidazole rings is 1. The van der Waals surface area contributed by atoms with Gasteiger partial charge in [0.25, 0.3) is 0 Å². The Balaban J connectivity index is 1.92. The minimum absolute atomic E-state index is 0.0539. The first-order valence-corrected chi connectivity index (χ1v) is 9.70. The lowest BCUT2D eigenvalue weighted by Crippen LogP contribution is -2.18. The molecule has 0 amide bonds. The minimum Gasteiger partial charge on any atom is -0.441 e. The van der Waals surface area contributed by atoms with E-state index in [1.54, 1.807) is 0 Å². The van der Waals surface area contributed by atoms with Crippen LogP contribution in [0.25, 0.3) is 11.1 Å². The molecule has 5 nitrogen and oxygen atoms in total. The topological polar surface area (TPSA) is 90.5 Å². The normalized spacial score (nSPS) is 12.0. The summed E-state index contributed by atoms with van der Waals surface area (Å²) >= 11 is 6.26. The fraction of sp³-hybridized carbons (Fsp3) is 0.273. The average molecular weight is 396 g/mol. The van der Waals surface area contributed by atoms with Gasteiger partial charge in [-0.2, -0.15) is 5.26 Å². The summed E-state index contributed by atoms with van der Waals surface area (Å²) in [5.74, 6) is 0.730. The zero-order chi connectivity index (χ0) is 20.1. The smallest absolute Gasteiger partial charge is 0.188 e. The Morgan fingerprint density at radius 2 is 1.93 bits per heavy atom. The summed E-state index contributed by atoms with van der Waals surface area (Å²) in [6.07, 6.45) is 1.77. The van der Waals surface area contributed by atoms with Gasteiger partial charge in [0, 0.05) is 6.54 Å². The lowest BCUT2D eigenvalue weighted by Gasteiger charge is -2.15. The van der Waals surface area contributed by atoms with Crippen LogP contribution >= 0.6 is 11.6 Å². The predicted octanol–water partition coefficient (Wildman–Crippen LogP) is 4.15. The molecule has 4 N–H and O–H groups in total. The molecule has 28 heavy (non-hydrogen) atoms. The Labute approximate surface area is 170 Å². The summed E-state index contributed by atoms with van der Waals surface area (Å²) in [6.45, 7) is 2.69. The van der Waals surface area contributed by atoms with Crippen LogP contribution < -0.4 is 5.73 Å². The molecule has 0 aliphatic heterocycles. The SMILES string of the molecule is CCCC(N)c1nc(Cl)c(C[OH2+])n1Cc1ccc(-c2ccccc2C#N)cc1. The van der Waals surface area contributed by atoms with Crippen LogP contribution in [0.4, 0.5) is 0 Å². The van der Waals surface area contributed by atoms with Crippen LogP contribution in [0, 0.1) is 11.3 Å². The molecule has 2 aromatic carbocycles. The fourth-order valence-electron chi connectivity index (χ4n) is 3.35. The summed E-state index contributed by atoms with van der Waals surface area (Å²) in [7, 11) is 0. The number of nitriles is 1. The highest BCUT2D eigenvalue weighted by Crippen LogP contribution is 2.27. The molecule has 0 aliphatic rings. The van der Waals surface area contributed by atoms with E-state index in [4.69, 9.17) is 22.4 Å². The summed E-state index contributed by atoms with van der Waals surface area (Å²) in [5.41, 5.74) is 10.6. The van der Waals surface area contributed by atoms with E-state index in [1.165, 1.54) is 0 Å². The first-order chi connectivity index (χ1) is 13.6. The van der Waals surface area contributed by atoms with Gasteiger partial charge in [-0.1, -0.05) is 67.4 Å². The number of hydrogen-bond donors (Lipinski definition) is 1. The fourth-order valence-corrected chi connectivity index (χ4v) is 3.60. The van der Waals surface area contributed by atoms with Crippen molar-refractivity contribution in [2.45, 2.75) is 39.0 Å². The molecule has 0 spiro atoms. The Morgan fingerprint density at radius 3 is 2.57 bits per heavy atom. The molecule has 144 valence electrons. The number of nitrogens with two attached hydrogens (primary N) is 1. The van der Waals surface area contributed by atoms with Gasteiger partial charge in [0.2, 0.25) is 0 Å². The maximum Gasteiger partial charge on any atom is 0.188 e. The number of hydrogen-bond acceptors (Lipinski definition) is 3. The number of aromatic nitrogens is 2. The van der Waals surface area contributed by atoms with Crippen molar-refractivity contribution in [1.82, 2.24) is 9.55 Å². The van der Waals surface area contributed by atoms with Crippen molar-refractivity contribution in [2.75, 3.05) is 0 Å². The molecule has 0 fully saturated rings. The number of rotatable bonds is 7. The first-order valence-electron chi connectivity index (χ1n) is 9.32. The van der Waals surface area contributed by atoms with Crippen molar-refractivity contribution >= 4 is 11.6 Å². The van der Waals surface area contributed by atoms with Crippen molar-refractivity contribution in [2.24, 2.45) is 5.73 Å². The van der Waals surface area contributed by atoms with E-state index >= 15 is 0 Å². The molecule has 1 unspecified atom stereocenters. The second-order valence-corrected chi connectivity index (χ2v) is 7.08. The summed E-state index contributed by atoms with van der Waals surface area (Å²) < 4.78 is 1.97. The molecule has 3 aromatic rings. The van der Waals surface area contributed by atoms with E-state index in [-0.39, 0.29) is 12.6 Å². The number of benzene rings is 2. The standard InChI is InChI=1S/C22H23ClN4O/c1-2-5-19(25)22-26-21(23)20(14-28)27(22)13-15-8-10-16(11-9-15)18-7-4-3-6-17(18)12-24/h3-4,6-11,19,28H,2,5,13-14,25H2,1H3/p+1. The molecule has 0 radical (unpaired) electrons. The van der Waals surface area contributed by atoms with Crippen molar-refractivity contribution in [3.05, 3.63) is 76.3 Å². The average Bonchev–Trinajstić information content (AvgIpc) is 3.04. The largest absolute Gasteiger partial charge is 0.441 e. The van der Waals surface area contributed by atoms with Gasteiger partial charge in [-0.15, -0.1) is 0 Å².